The van der Waals surface area contributed by atoms with Gasteiger partial charge in [-0.2, -0.15) is 0 Å². The molecule has 5 heteroatoms. The monoisotopic (exact) mass is 518 g/mol. The number of nitrogens with zero attached hydrogens (tertiary/aromatic N) is 2. The number of piperazine rings is 1. The van der Waals surface area contributed by atoms with E-state index in [0.29, 0.717) is 6.54 Å². The van der Waals surface area contributed by atoms with E-state index in [4.69, 9.17) is 0 Å². The molecule has 1 saturated carbocycles. The van der Waals surface area contributed by atoms with Gasteiger partial charge in [-0.15, -0.1) is 0 Å². The average Bonchev–Trinajstić information content (AvgIpc) is 2.89. The van der Waals surface area contributed by atoms with Crippen molar-refractivity contribution >= 4 is 11.7 Å². The highest BCUT2D eigenvalue weighted by Crippen LogP contribution is 2.29. The Labute approximate surface area is 231 Å². The lowest BCUT2D eigenvalue weighted by Crippen LogP contribution is -2.53. The average molecular weight is 519 g/mol. The molecule has 1 aliphatic carbocycles. The Hall–Kier alpha value is -2.37. The first kappa shape index (κ1) is 28.6. The van der Waals surface area contributed by atoms with Gasteiger partial charge >= 0.3 is 6.03 Å². The molecular weight excluding hydrogens is 468 g/mol. The fraction of sp³-hybridized carbons (Fsp3) is 0.606. The van der Waals surface area contributed by atoms with Gasteiger partial charge in [0.25, 0.3) is 0 Å². The fourth-order valence-electron chi connectivity index (χ4n) is 5.94. The standard InChI is InChI=1S/C33H50N4O/c1-32(2,3)26-14-12-25(13-15-26)30(37-22-20-36(21-23-37)29-10-8-7-9-11-29)24-34-31(38)35-28-18-16-27(17-19-28)33(4,5)6/h12-19,29-30H,7-11,20-24H2,1-6H3,(H2,34,35,38). The van der Waals surface area contributed by atoms with E-state index in [1.54, 1.807) is 0 Å². The summed E-state index contributed by atoms with van der Waals surface area (Å²) in [6.45, 7) is 18.3. The van der Waals surface area contributed by atoms with Crippen LogP contribution < -0.4 is 10.6 Å². The third-order valence-electron chi connectivity index (χ3n) is 8.51. The number of urea groups is 1. The van der Waals surface area contributed by atoms with E-state index in [-0.39, 0.29) is 22.9 Å². The van der Waals surface area contributed by atoms with Crippen molar-refractivity contribution in [3.63, 3.8) is 0 Å². The van der Waals surface area contributed by atoms with E-state index >= 15 is 0 Å². The number of benzene rings is 2. The lowest BCUT2D eigenvalue weighted by molar-refractivity contribution is 0.0565. The largest absolute Gasteiger partial charge is 0.336 e. The molecule has 2 N–H and O–H groups in total. The zero-order valence-electron chi connectivity index (χ0n) is 24.6. The van der Waals surface area contributed by atoms with Gasteiger partial charge in [-0.1, -0.05) is 97.2 Å². The summed E-state index contributed by atoms with van der Waals surface area (Å²) in [5.74, 6) is 0. The Balaban J connectivity index is 1.41. The first-order valence-corrected chi connectivity index (χ1v) is 14.7. The van der Waals surface area contributed by atoms with Crippen LogP contribution in [0.3, 0.4) is 0 Å². The molecule has 0 radical (unpaired) electrons. The summed E-state index contributed by atoms with van der Waals surface area (Å²) in [5, 5.41) is 6.22. The van der Waals surface area contributed by atoms with Crippen molar-refractivity contribution in [2.24, 2.45) is 0 Å². The summed E-state index contributed by atoms with van der Waals surface area (Å²) in [6.07, 6.45) is 6.88. The number of carbonyl (C=O) groups is 1. The number of hydrogen-bond donors (Lipinski definition) is 2. The molecule has 2 fully saturated rings. The van der Waals surface area contributed by atoms with Crippen LogP contribution in [0.4, 0.5) is 10.5 Å². The van der Waals surface area contributed by atoms with Gasteiger partial charge in [-0.3, -0.25) is 9.80 Å². The summed E-state index contributed by atoms with van der Waals surface area (Å²) in [6, 6.07) is 18.0. The van der Waals surface area contributed by atoms with Gasteiger partial charge in [-0.05, 0) is 52.5 Å². The molecule has 4 rings (SSSR count). The van der Waals surface area contributed by atoms with Gasteiger partial charge < -0.3 is 10.6 Å². The summed E-state index contributed by atoms with van der Waals surface area (Å²) >= 11 is 0. The Bertz CT molecular complexity index is 1020. The van der Waals surface area contributed by atoms with Crippen LogP contribution in [0.25, 0.3) is 0 Å². The number of hydrogen-bond acceptors (Lipinski definition) is 3. The number of rotatable bonds is 6. The van der Waals surface area contributed by atoms with Gasteiger partial charge in [0.2, 0.25) is 0 Å². The highest BCUT2D eigenvalue weighted by Gasteiger charge is 2.29. The van der Waals surface area contributed by atoms with Gasteiger partial charge in [0.05, 0.1) is 6.04 Å². The summed E-state index contributed by atoms with van der Waals surface area (Å²) in [5.41, 5.74) is 4.92. The molecule has 0 spiro atoms. The maximum absolute atomic E-state index is 12.9. The maximum Gasteiger partial charge on any atom is 0.319 e. The second-order valence-electron chi connectivity index (χ2n) is 13.4. The molecule has 0 bridgehead atoms. The zero-order valence-corrected chi connectivity index (χ0v) is 24.6. The van der Waals surface area contributed by atoms with E-state index in [1.807, 2.05) is 12.1 Å². The van der Waals surface area contributed by atoms with Crippen molar-refractivity contribution in [3.05, 3.63) is 65.2 Å². The first-order valence-electron chi connectivity index (χ1n) is 14.7. The Morgan fingerprint density at radius 2 is 1.32 bits per heavy atom. The third kappa shape index (κ3) is 7.60. The number of amides is 2. The quantitative estimate of drug-likeness (QED) is 0.429. The molecule has 1 aliphatic heterocycles. The topological polar surface area (TPSA) is 47.6 Å². The van der Waals surface area contributed by atoms with Gasteiger partial charge in [0.1, 0.15) is 0 Å². The predicted octanol–water partition coefficient (Wildman–Crippen LogP) is 7.09. The predicted molar refractivity (Wildman–Crippen MR) is 160 cm³/mol. The maximum atomic E-state index is 12.9. The third-order valence-corrected chi connectivity index (χ3v) is 8.51. The van der Waals surface area contributed by atoms with Crippen molar-refractivity contribution < 1.29 is 4.79 Å². The van der Waals surface area contributed by atoms with Crippen molar-refractivity contribution in [1.82, 2.24) is 15.1 Å². The van der Waals surface area contributed by atoms with Crippen molar-refractivity contribution in [2.75, 3.05) is 38.0 Å². The molecule has 2 aromatic carbocycles. The normalized spacial score (nSPS) is 19.2. The van der Waals surface area contributed by atoms with Crippen LogP contribution >= 0.6 is 0 Å². The summed E-state index contributed by atoms with van der Waals surface area (Å²) in [7, 11) is 0. The molecule has 2 amide bonds. The van der Waals surface area contributed by atoms with Crippen LogP contribution in [-0.2, 0) is 10.8 Å². The molecule has 1 atom stereocenters. The van der Waals surface area contributed by atoms with E-state index in [9.17, 15) is 4.79 Å². The number of carbonyl (C=O) groups excluding carboxylic acids is 1. The Morgan fingerprint density at radius 3 is 1.84 bits per heavy atom. The van der Waals surface area contributed by atoms with Crippen LogP contribution in [0, 0.1) is 0 Å². The minimum atomic E-state index is -0.148. The van der Waals surface area contributed by atoms with Crippen LogP contribution in [0.5, 0.6) is 0 Å². The lowest BCUT2D eigenvalue weighted by Gasteiger charge is -2.43. The minimum Gasteiger partial charge on any atom is -0.336 e. The molecule has 38 heavy (non-hydrogen) atoms. The molecule has 0 aromatic heterocycles. The number of nitrogens with one attached hydrogen (secondary N) is 2. The van der Waals surface area contributed by atoms with Crippen LogP contribution in [-0.4, -0.2) is 54.6 Å². The highest BCUT2D eigenvalue weighted by atomic mass is 16.2. The molecule has 2 aliphatic rings. The Kier molecular flexibility index (Phi) is 9.20. The van der Waals surface area contributed by atoms with Gasteiger partial charge in [0, 0.05) is 44.5 Å². The summed E-state index contributed by atoms with van der Waals surface area (Å²) < 4.78 is 0. The Morgan fingerprint density at radius 1 is 0.789 bits per heavy atom. The van der Waals surface area contributed by atoms with Crippen LogP contribution in [0.1, 0.15) is 96.4 Å². The molecule has 2 aromatic rings. The highest BCUT2D eigenvalue weighted by molar-refractivity contribution is 5.89. The number of anilines is 1. The fourth-order valence-corrected chi connectivity index (χ4v) is 5.94. The zero-order chi connectivity index (χ0) is 27.3. The SMILES string of the molecule is CC(C)(C)c1ccc(NC(=O)NCC(c2ccc(C(C)(C)C)cc2)N2CCN(C3CCCCC3)CC2)cc1. The lowest BCUT2D eigenvalue weighted by atomic mass is 9.86. The van der Waals surface area contributed by atoms with Crippen LogP contribution in [0.2, 0.25) is 0 Å². The molecule has 5 nitrogen and oxygen atoms in total. The molecule has 1 unspecified atom stereocenters. The van der Waals surface area contributed by atoms with Gasteiger partial charge in [0.15, 0.2) is 0 Å². The first-order chi connectivity index (χ1) is 18.0. The molecule has 1 heterocycles. The summed E-state index contributed by atoms with van der Waals surface area (Å²) in [4.78, 5) is 18.2. The minimum absolute atomic E-state index is 0.0948. The van der Waals surface area contributed by atoms with E-state index in [0.717, 1.165) is 37.9 Å². The van der Waals surface area contributed by atoms with Crippen molar-refractivity contribution in [1.29, 1.82) is 0 Å². The smallest absolute Gasteiger partial charge is 0.319 e. The van der Waals surface area contributed by atoms with E-state index < -0.39 is 0 Å². The van der Waals surface area contributed by atoms with E-state index in [2.05, 4.69) is 98.4 Å². The van der Waals surface area contributed by atoms with Crippen molar-refractivity contribution in [3.8, 4) is 0 Å². The molecule has 1 saturated heterocycles. The molecule has 208 valence electrons. The van der Waals surface area contributed by atoms with Crippen LogP contribution in [0.15, 0.2) is 48.5 Å². The van der Waals surface area contributed by atoms with Gasteiger partial charge in [-0.25, -0.2) is 4.79 Å². The second-order valence-corrected chi connectivity index (χ2v) is 13.4. The van der Waals surface area contributed by atoms with E-state index in [1.165, 1.54) is 48.8 Å². The van der Waals surface area contributed by atoms with Crippen molar-refractivity contribution in [2.45, 2.75) is 96.6 Å². The molecular formula is C33H50N4O. The second kappa shape index (κ2) is 12.2.